The van der Waals surface area contributed by atoms with E-state index in [-0.39, 0.29) is 25.7 Å². The number of ether oxygens (including phenoxy) is 4. The van der Waals surface area contributed by atoms with E-state index in [1.807, 2.05) is 0 Å². The Balaban J connectivity index is 5.25. The number of carbonyl (C=O) groups excluding carboxylic acids is 4. The van der Waals surface area contributed by atoms with Crippen molar-refractivity contribution in [2.45, 2.75) is 343 Å². The second-order valence-corrected chi connectivity index (χ2v) is 27.7. The Hall–Kier alpha value is -1.94. The van der Waals surface area contributed by atoms with Crippen LogP contribution < -0.4 is 0 Å². The lowest BCUT2D eigenvalue weighted by Crippen LogP contribution is -2.30. The summed E-state index contributed by atoms with van der Waals surface area (Å²) in [4.78, 5) is 72.3. The van der Waals surface area contributed by atoms with E-state index in [1.54, 1.807) is 0 Å². The van der Waals surface area contributed by atoms with Crippen molar-refractivity contribution >= 4 is 39.5 Å². The summed E-state index contributed by atoms with van der Waals surface area (Å²) in [7, 11) is -9.89. The van der Waals surface area contributed by atoms with Crippen LogP contribution in [0.25, 0.3) is 0 Å². The average molecular weight is 1260 g/mol. The summed E-state index contributed by atoms with van der Waals surface area (Å²) in [5.74, 6) is 0.141. The van der Waals surface area contributed by atoms with Crippen LogP contribution in [0.5, 0.6) is 0 Å². The van der Waals surface area contributed by atoms with E-state index in [0.717, 1.165) is 102 Å². The van der Waals surface area contributed by atoms with Gasteiger partial charge in [-0.3, -0.25) is 37.3 Å². The van der Waals surface area contributed by atoms with Gasteiger partial charge in [0.1, 0.15) is 19.3 Å². The van der Waals surface area contributed by atoms with Gasteiger partial charge in [-0.15, -0.1) is 0 Å². The molecule has 7 atom stereocenters. The molecule has 17 nitrogen and oxygen atoms in total. The lowest BCUT2D eigenvalue weighted by molar-refractivity contribution is -0.161. The molecule has 0 aliphatic carbocycles. The first-order chi connectivity index (χ1) is 40.8. The molecule has 85 heavy (non-hydrogen) atoms. The minimum Gasteiger partial charge on any atom is -0.462 e. The van der Waals surface area contributed by atoms with Crippen LogP contribution in [0.15, 0.2) is 0 Å². The SMILES string of the molecule is CCCCCCCCCCCC(=O)OC[C@H](COP(=O)(O)OC[C@H](O)COP(=O)(O)OC[C@@H](COC(=O)CCCCCCCCCCC(C)CC)OC(=O)CCCCCCCCCCCCC(C)CC)OC(=O)CCCCCCCCCC(C)C. The third-order valence-electron chi connectivity index (χ3n) is 15.9. The van der Waals surface area contributed by atoms with Crippen molar-refractivity contribution in [3.63, 3.8) is 0 Å². The van der Waals surface area contributed by atoms with Crippen LogP contribution in [0.1, 0.15) is 325 Å². The molecule has 0 aromatic carbocycles. The standard InChI is InChI=1S/C66H128O17P2/c1-8-11-12-13-14-17-26-33-40-47-63(68)76-54-62(83-66(71)50-43-36-29-22-23-30-37-44-57(4)5)56-81-85(74,75)79-52-60(67)51-78-84(72,73)80-55-61(53-77-64(69)48-41-34-27-21-20-25-32-39-46-59(7)10-3)82-65(70)49-42-35-28-19-16-15-18-24-31-38-45-58(6)9-2/h57-62,67H,8-56H2,1-7H3,(H,72,73)(H,74,75)/t58?,59?,60-,61-,62-/m1/s1. The molecule has 0 aromatic rings. The Morgan fingerprint density at radius 1 is 0.341 bits per heavy atom. The van der Waals surface area contributed by atoms with E-state index in [2.05, 4.69) is 48.5 Å². The molecule has 504 valence electrons. The van der Waals surface area contributed by atoms with Gasteiger partial charge in [0.05, 0.1) is 26.4 Å². The Kier molecular flexibility index (Phi) is 55.9. The molecule has 0 rings (SSSR count). The molecule has 3 N–H and O–H groups in total. The van der Waals surface area contributed by atoms with Crippen LogP contribution in [-0.2, 0) is 65.4 Å². The minimum atomic E-state index is -4.95. The van der Waals surface area contributed by atoms with Gasteiger partial charge in [-0.05, 0) is 43.4 Å². The molecule has 0 saturated carbocycles. The first kappa shape index (κ1) is 83.1. The summed E-state index contributed by atoms with van der Waals surface area (Å²) in [5.41, 5.74) is 0. The maximum absolute atomic E-state index is 13.0. The van der Waals surface area contributed by atoms with Crippen LogP contribution in [0, 0.1) is 17.8 Å². The molecule has 0 amide bonds. The number of hydrogen-bond donors (Lipinski definition) is 3. The van der Waals surface area contributed by atoms with Gasteiger partial charge in [0.25, 0.3) is 0 Å². The fourth-order valence-corrected chi connectivity index (χ4v) is 11.3. The van der Waals surface area contributed by atoms with Crippen molar-refractivity contribution < 1.29 is 80.2 Å². The molecule has 0 heterocycles. The van der Waals surface area contributed by atoms with Gasteiger partial charge < -0.3 is 33.8 Å². The molecule has 0 saturated heterocycles. The largest absolute Gasteiger partial charge is 0.472 e. The van der Waals surface area contributed by atoms with E-state index in [4.69, 9.17) is 37.0 Å². The van der Waals surface area contributed by atoms with E-state index >= 15 is 0 Å². The number of rotatable bonds is 64. The first-order valence-electron chi connectivity index (χ1n) is 34.4. The van der Waals surface area contributed by atoms with Gasteiger partial charge in [0, 0.05) is 25.7 Å². The zero-order chi connectivity index (χ0) is 63.1. The van der Waals surface area contributed by atoms with Gasteiger partial charge in [-0.1, -0.05) is 273 Å². The van der Waals surface area contributed by atoms with Crippen LogP contribution in [-0.4, -0.2) is 96.7 Å². The second kappa shape index (κ2) is 57.2. The summed E-state index contributed by atoms with van der Waals surface area (Å²) in [6.45, 7) is 11.8. The van der Waals surface area contributed by atoms with Gasteiger partial charge in [0.2, 0.25) is 0 Å². The number of aliphatic hydroxyl groups excluding tert-OH is 1. The van der Waals surface area contributed by atoms with Gasteiger partial charge in [-0.25, -0.2) is 9.13 Å². The van der Waals surface area contributed by atoms with Crippen LogP contribution >= 0.6 is 15.6 Å². The van der Waals surface area contributed by atoms with Gasteiger partial charge in [0.15, 0.2) is 12.2 Å². The quantitative estimate of drug-likeness (QED) is 0.0222. The highest BCUT2D eigenvalue weighted by Crippen LogP contribution is 2.45. The molecule has 0 radical (unpaired) electrons. The predicted octanol–water partition coefficient (Wildman–Crippen LogP) is 18.3. The van der Waals surface area contributed by atoms with Crippen molar-refractivity contribution in [2.75, 3.05) is 39.6 Å². The van der Waals surface area contributed by atoms with Crippen LogP contribution in [0.4, 0.5) is 0 Å². The summed E-state index contributed by atoms with van der Waals surface area (Å²) in [6.07, 6.45) is 38.9. The first-order valence-corrected chi connectivity index (χ1v) is 37.4. The number of unbranched alkanes of at least 4 members (excludes halogenated alkanes) is 30. The molecular formula is C66H128O17P2. The van der Waals surface area contributed by atoms with Gasteiger partial charge in [-0.2, -0.15) is 0 Å². The van der Waals surface area contributed by atoms with E-state index < -0.39 is 97.5 Å². The Labute approximate surface area is 517 Å². The molecular weight excluding hydrogens is 1130 g/mol. The van der Waals surface area contributed by atoms with Crippen LogP contribution in [0.3, 0.4) is 0 Å². The van der Waals surface area contributed by atoms with E-state index in [1.165, 1.54) is 135 Å². The molecule has 0 bridgehead atoms. The molecule has 0 spiro atoms. The lowest BCUT2D eigenvalue weighted by atomic mass is 9.99. The monoisotopic (exact) mass is 1250 g/mol. The van der Waals surface area contributed by atoms with Crippen molar-refractivity contribution in [3.8, 4) is 0 Å². The van der Waals surface area contributed by atoms with Crippen molar-refractivity contribution in [1.82, 2.24) is 0 Å². The Bertz CT molecular complexity index is 1690. The zero-order valence-corrected chi connectivity index (χ0v) is 56.9. The van der Waals surface area contributed by atoms with Crippen molar-refractivity contribution in [1.29, 1.82) is 0 Å². The van der Waals surface area contributed by atoms with E-state index in [9.17, 15) is 43.2 Å². The maximum atomic E-state index is 13.0. The third-order valence-corrected chi connectivity index (χ3v) is 17.8. The topological polar surface area (TPSA) is 237 Å². The zero-order valence-electron chi connectivity index (χ0n) is 55.1. The number of carbonyl (C=O) groups is 4. The minimum absolute atomic E-state index is 0.103. The van der Waals surface area contributed by atoms with Crippen molar-refractivity contribution in [2.24, 2.45) is 17.8 Å². The smallest absolute Gasteiger partial charge is 0.462 e. The fourth-order valence-electron chi connectivity index (χ4n) is 9.77. The molecule has 0 aliphatic rings. The van der Waals surface area contributed by atoms with Gasteiger partial charge >= 0.3 is 39.5 Å². The normalized spacial score (nSPS) is 15.0. The molecule has 0 aliphatic heterocycles. The Morgan fingerprint density at radius 2 is 0.600 bits per heavy atom. The highest BCUT2D eigenvalue weighted by Gasteiger charge is 2.30. The highest BCUT2D eigenvalue weighted by atomic mass is 31.2. The molecule has 19 heteroatoms. The van der Waals surface area contributed by atoms with E-state index in [0.29, 0.717) is 31.6 Å². The fraction of sp³-hybridized carbons (Fsp3) is 0.939. The highest BCUT2D eigenvalue weighted by molar-refractivity contribution is 7.47. The second-order valence-electron chi connectivity index (χ2n) is 24.8. The molecule has 0 fully saturated rings. The number of phosphoric ester groups is 2. The van der Waals surface area contributed by atoms with Crippen LogP contribution in [0.2, 0.25) is 0 Å². The third kappa shape index (κ3) is 58.2. The summed E-state index contributed by atoms with van der Waals surface area (Å²) in [6, 6.07) is 0. The number of hydrogen-bond acceptors (Lipinski definition) is 15. The summed E-state index contributed by atoms with van der Waals surface area (Å²) >= 11 is 0. The summed E-state index contributed by atoms with van der Waals surface area (Å²) < 4.78 is 68.1. The lowest BCUT2D eigenvalue weighted by Gasteiger charge is -2.21. The average Bonchev–Trinajstić information content (AvgIpc) is 3.48. The molecule has 0 aromatic heterocycles. The predicted molar refractivity (Wildman–Crippen MR) is 340 cm³/mol. The number of aliphatic hydroxyl groups is 1. The number of esters is 4. The maximum Gasteiger partial charge on any atom is 0.472 e. The van der Waals surface area contributed by atoms with Crippen molar-refractivity contribution in [3.05, 3.63) is 0 Å². The Morgan fingerprint density at radius 3 is 0.894 bits per heavy atom. The number of phosphoric acid groups is 2. The molecule has 4 unspecified atom stereocenters. The summed E-state index contributed by atoms with van der Waals surface area (Å²) in [5, 5.41) is 10.5.